The van der Waals surface area contributed by atoms with Gasteiger partial charge in [0, 0.05) is 12.0 Å². The van der Waals surface area contributed by atoms with Gasteiger partial charge in [-0.05, 0) is 17.7 Å². The Morgan fingerprint density at radius 2 is 2.31 bits per heavy atom. The molecule has 3 heteroatoms. The summed E-state index contributed by atoms with van der Waals surface area (Å²) in [6, 6.07) is 5.88. The second-order valence-corrected chi connectivity index (χ2v) is 3.44. The van der Waals surface area contributed by atoms with Gasteiger partial charge in [0.2, 0.25) is 0 Å². The zero-order valence-corrected chi connectivity index (χ0v) is 7.66. The molecule has 1 aromatic carbocycles. The largest absolute Gasteiger partial charge is 0.497 e. The molecule has 1 aliphatic rings. The first-order valence-corrected chi connectivity index (χ1v) is 4.40. The number of hydrogen-bond acceptors (Lipinski definition) is 2. The quantitative estimate of drug-likeness (QED) is 0.634. The minimum atomic E-state index is -0.331. The van der Waals surface area contributed by atoms with Crippen LogP contribution in [0.1, 0.15) is 17.2 Å². The molecule has 2 rings (SSSR count). The summed E-state index contributed by atoms with van der Waals surface area (Å²) in [5.74, 6) is 0.835. The maximum atomic E-state index is 9.58. The molecule has 1 aliphatic carbocycles. The van der Waals surface area contributed by atoms with Crippen molar-refractivity contribution in [2.45, 2.75) is 18.6 Å². The van der Waals surface area contributed by atoms with Crippen LogP contribution in [0.4, 0.5) is 0 Å². The number of benzene rings is 1. The van der Waals surface area contributed by atoms with Gasteiger partial charge in [-0.15, -0.1) is 0 Å². The van der Waals surface area contributed by atoms with Crippen LogP contribution in [0.5, 0.6) is 5.75 Å². The second kappa shape index (κ2) is 3.01. The van der Waals surface area contributed by atoms with E-state index in [9.17, 15) is 5.11 Å². The van der Waals surface area contributed by atoms with Crippen molar-refractivity contribution in [3.05, 3.63) is 29.3 Å². The van der Waals surface area contributed by atoms with Gasteiger partial charge in [-0.3, -0.25) is 0 Å². The van der Waals surface area contributed by atoms with E-state index >= 15 is 0 Å². The molecule has 0 saturated heterocycles. The lowest BCUT2D eigenvalue weighted by molar-refractivity contribution is -0.441. The molecule has 0 saturated carbocycles. The minimum Gasteiger partial charge on any atom is -0.497 e. The van der Waals surface area contributed by atoms with E-state index in [1.807, 2.05) is 18.2 Å². The Morgan fingerprint density at radius 3 is 3.00 bits per heavy atom. The smallest absolute Gasteiger partial charge is 0.137 e. The highest BCUT2D eigenvalue weighted by atomic mass is 16.5. The van der Waals surface area contributed by atoms with Crippen LogP contribution in [0.15, 0.2) is 18.2 Å². The van der Waals surface area contributed by atoms with E-state index in [0.29, 0.717) is 6.42 Å². The van der Waals surface area contributed by atoms with Crippen molar-refractivity contribution in [3.63, 3.8) is 0 Å². The van der Waals surface area contributed by atoms with Gasteiger partial charge in [0.15, 0.2) is 0 Å². The highest BCUT2D eigenvalue weighted by molar-refractivity contribution is 5.40. The molecular weight excluding hydrogens is 166 g/mol. The molecule has 0 heterocycles. The third kappa shape index (κ3) is 1.30. The molecule has 0 amide bonds. The summed E-state index contributed by atoms with van der Waals surface area (Å²) in [7, 11) is 1.64. The first kappa shape index (κ1) is 8.53. The van der Waals surface area contributed by atoms with Gasteiger partial charge < -0.3 is 15.6 Å². The molecule has 3 nitrogen and oxygen atoms in total. The molecular formula is C10H14NO2+. The maximum Gasteiger partial charge on any atom is 0.137 e. The topological polar surface area (TPSA) is 57.1 Å². The van der Waals surface area contributed by atoms with E-state index in [1.54, 1.807) is 7.11 Å². The van der Waals surface area contributed by atoms with Crippen molar-refractivity contribution < 1.29 is 15.6 Å². The molecule has 0 unspecified atom stereocenters. The average Bonchev–Trinajstić information content (AvgIpc) is 2.43. The second-order valence-electron chi connectivity index (χ2n) is 3.44. The van der Waals surface area contributed by atoms with Crippen molar-refractivity contribution in [1.82, 2.24) is 0 Å². The number of aliphatic hydroxyl groups excluding tert-OH is 1. The molecule has 13 heavy (non-hydrogen) atoms. The Morgan fingerprint density at radius 1 is 1.54 bits per heavy atom. The van der Waals surface area contributed by atoms with Crippen molar-refractivity contribution in [2.24, 2.45) is 0 Å². The molecule has 0 fully saturated rings. The van der Waals surface area contributed by atoms with Gasteiger partial charge in [0.05, 0.1) is 7.11 Å². The standard InChI is InChI=1S/C10H13NO2/c1-13-7-3-2-6-4-9(12)10(11)8(6)5-7/h2-3,5,9-10,12H,4,11H2,1H3/p+1/t9-,10+/m0/s1. The normalized spacial score (nSPS) is 25.8. The highest BCUT2D eigenvalue weighted by Crippen LogP contribution is 2.31. The monoisotopic (exact) mass is 180 g/mol. The summed E-state index contributed by atoms with van der Waals surface area (Å²) in [5.41, 5.74) is 6.24. The van der Waals surface area contributed by atoms with E-state index in [-0.39, 0.29) is 12.1 Å². The average molecular weight is 180 g/mol. The maximum absolute atomic E-state index is 9.58. The molecule has 0 radical (unpaired) electrons. The Hall–Kier alpha value is -1.06. The Bertz CT molecular complexity index is 325. The summed E-state index contributed by atoms with van der Waals surface area (Å²) < 4.78 is 5.11. The molecule has 70 valence electrons. The van der Waals surface area contributed by atoms with Crippen LogP contribution in [0, 0.1) is 0 Å². The van der Waals surface area contributed by atoms with Crippen molar-refractivity contribution in [2.75, 3.05) is 7.11 Å². The summed E-state index contributed by atoms with van der Waals surface area (Å²) in [5, 5.41) is 9.58. The summed E-state index contributed by atoms with van der Waals surface area (Å²) in [6.45, 7) is 0. The highest BCUT2D eigenvalue weighted by Gasteiger charge is 2.31. The van der Waals surface area contributed by atoms with Gasteiger partial charge in [-0.25, -0.2) is 0 Å². The predicted octanol–water partition coefficient (Wildman–Crippen LogP) is -0.105. The molecule has 0 aliphatic heterocycles. The first-order valence-electron chi connectivity index (χ1n) is 4.40. The molecule has 4 N–H and O–H groups in total. The number of quaternary nitrogens is 1. The van der Waals surface area contributed by atoms with Crippen molar-refractivity contribution in [3.8, 4) is 5.75 Å². The van der Waals surface area contributed by atoms with E-state index in [4.69, 9.17) is 4.74 Å². The van der Waals surface area contributed by atoms with Gasteiger partial charge in [-0.2, -0.15) is 0 Å². The fraction of sp³-hybridized carbons (Fsp3) is 0.400. The lowest BCUT2D eigenvalue weighted by Gasteiger charge is -2.06. The van der Waals surface area contributed by atoms with Gasteiger partial charge in [0.25, 0.3) is 0 Å². The molecule has 0 bridgehead atoms. The van der Waals surface area contributed by atoms with Gasteiger partial charge in [-0.1, -0.05) is 6.07 Å². The summed E-state index contributed by atoms with van der Waals surface area (Å²) in [6.07, 6.45) is 0.384. The lowest BCUT2D eigenvalue weighted by Crippen LogP contribution is -2.57. The Balaban J connectivity index is 2.42. The Labute approximate surface area is 77.1 Å². The van der Waals surface area contributed by atoms with Crippen LogP contribution >= 0.6 is 0 Å². The van der Waals surface area contributed by atoms with E-state index in [0.717, 1.165) is 11.3 Å². The number of rotatable bonds is 1. The van der Waals surface area contributed by atoms with E-state index in [1.165, 1.54) is 5.56 Å². The SMILES string of the molecule is COc1ccc2c(c1)[C@@H]([NH3+])[C@@H](O)C2. The predicted molar refractivity (Wildman–Crippen MR) is 48.3 cm³/mol. The first-order chi connectivity index (χ1) is 6.22. The number of fused-ring (bicyclic) bond motifs is 1. The van der Waals surface area contributed by atoms with Crippen LogP contribution in [0.3, 0.4) is 0 Å². The van der Waals surface area contributed by atoms with E-state index in [2.05, 4.69) is 5.73 Å². The zero-order valence-electron chi connectivity index (χ0n) is 7.66. The van der Waals surface area contributed by atoms with E-state index < -0.39 is 0 Å². The molecule has 1 aromatic rings. The fourth-order valence-electron chi connectivity index (χ4n) is 1.81. The van der Waals surface area contributed by atoms with Crippen LogP contribution in [0.25, 0.3) is 0 Å². The summed E-state index contributed by atoms with van der Waals surface area (Å²) >= 11 is 0. The van der Waals surface area contributed by atoms with Crippen molar-refractivity contribution >= 4 is 0 Å². The van der Waals surface area contributed by atoms with Crippen LogP contribution in [0.2, 0.25) is 0 Å². The zero-order chi connectivity index (χ0) is 9.42. The number of aliphatic hydroxyl groups is 1. The number of ether oxygens (including phenoxy) is 1. The molecule has 0 spiro atoms. The van der Waals surface area contributed by atoms with Crippen LogP contribution in [-0.4, -0.2) is 18.3 Å². The number of methoxy groups -OCH3 is 1. The summed E-state index contributed by atoms with van der Waals surface area (Å²) in [4.78, 5) is 0. The fourth-order valence-corrected chi connectivity index (χ4v) is 1.81. The third-order valence-electron chi connectivity index (χ3n) is 2.65. The van der Waals surface area contributed by atoms with Gasteiger partial charge >= 0.3 is 0 Å². The molecule has 2 atom stereocenters. The Kier molecular flexibility index (Phi) is 1.98. The van der Waals surface area contributed by atoms with Gasteiger partial charge in [0.1, 0.15) is 17.9 Å². The minimum absolute atomic E-state index is 0.00917. The third-order valence-corrected chi connectivity index (χ3v) is 2.65. The molecule has 0 aromatic heterocycles. The van der Waals surface area contributed by atoms with Crippen molar-refractivity contribution in [1.29, 1.82) is 0 Å². The van der Waals surface area contributed by atoms with Crippen LogP contribution in [-0.2, 0) is 6.42 Å². The van der Waals surface area contributed by atoms with Crippen LogP contribution < -0.4 is 10.5 Å². The number of hydrogen-bond donors (Lipinski definition) is 2. The lowest BCUT2D eigenvalue weighted by atomic mass is 10.1.